The molecule has 1 aliphatic heterocycles. The molecular weight excluding hydrogens is 369 g/mol. The lowest BCUT2D eigenvalue weighted by atomic mass is 9.97. The summed E-state index contributed by atoms with van der Waals surface area (Å²) < 4.78 is 41.0. The number of anilines is 1. The normalized spacial score (nSPS) is 20.4. The van der Waals surface area contributed by atoms with Gasteiger partial charge in [0, 0.05) is 25.8 Å². The Balaban J connectivity index is 1.93. The highest BCUT2D eigenvalue weighted by Gasteiger charge is 2.48. The number of likely N-dealkylation sites (N-methyl/N-ethyl adjacent to an activating group) is 1. The van der Waals surface area contributed by atoms with Crippen molar-refractivity contribution in [3.63, 3.8) is 0 Å². The van der Waals surface area contributed by atoms with Crippen LogP contribution < -0.4 is 10.6 Å². The van der Waals surface area contributed by atoms with E-state index in [4.69, 9.17) is 0 Å². The van der Waals surface area contributed by atoms with Crippen molar-refractivity contribution in [2.45, 2.75) is 23.8 Å². The van der Waals surface area contributed by atoms with Gasteiger partial charge in [0.1, 0.15) is 11.4 Å². The Hall–Kier alpha value is -2.45. The number of rotatable bonds is 5. The van der Waals surface area contributed by atoms with Crippen LogP contribution in [0.3, 0.4) is 0 Å². The molecule has 8 heteroatoms. The summed E-state index contributed by atoms with van der Waals surface area (Å²) in [4.78, 5) is 12.8. The van der Waals surface area contributed by atoms with E-state index in [2.05, 4.69) is 10.6 Å². The van der Waals surface area contributed by atoms with Gasteiger partial charge in [0.25, 0.3) is 0 Å². The highest BCUT2D eigenvalue weighted by Crippen LogP contribution is 2.31. The summed E-state index contributed by atoms with van der Waals surface area (Å²) >= 11 is 0. The number of benzene rings is 2. The van der Waals surface area contributed by atoms with Gasteiger partial charge >= 0.3 is 0 Å². The molecule has 0 radical (unpaired) electrons. The smallest absolute Gasteiger partial charge is 0.246 e. The second-order valence-corrected chi connectivity index (χ2v) is 8.56. The Kier molecular flexibility index (Phi) is 5.21. The molecule has 3 rings (SSSR count). The number of halogens is 1. The lowest BCUT2D eigenvalue weighted by Crippen LogP contribution is -2.54. The van der Waals surface area contributed by atoms with Crippen molar-refractivity contribution in [1.82, 2.24) is 9.62 Å². The lowest BCUT2D eigenvalue weighted by Gasteiger charge is -2.30. The van der Waals surface area contributed by atoms with E-state index < -0.39 is 21.4 Å². The van der Waals surface area contributed by atoms with Crippen molar-refractivity contribution in [3.05, 3.63) is 59.9 Å². The summed E-state index contributed by atoms with van der Waals surface area (Å²) in [6.45, 7) is 1.88. The molecule has 1 atom stereocenters. The maximum absolute atomic E-state index is 13.5. The van der Waals surface area contributed by atoms with Crippen molar-refractivity contribution in [2.75, 3.05) is 25.5 Å². The molecule has 144 valence electrons. The van der Waals surface area contributed by atoms with E-state index in [0.717, 1.165) is 0 Å². The van der Waals surface area contributed by atoms with Crippen LogP contribution in [0.5, 0.6) is 0 Å². The van der Waals surface area contributed by atoms with Gasteiger partial charge in [0.2, 0.25) is 15.9 Å². The first-order valence-electron chi connectivity index (χ1n) is 8.60. The van der Waals surface area contributed by atoms with Gasteiger partial charge in [-0.2, -0.15) is 4.31 Å². The van der Waals surface area contributed by atoms with Crippen molar-refractivity contribution < 1.29 is 17.6 Å². The van der Waals surface area contributed by atoms with E-state index >= 15 is 0 Å². The molecule has 27 heavy (non-hydrogen) atoms. The van der Waals surface area contributed by atoms with Crippen molar-refractivity contribution in [2.24, 2.45) is 0 Å². The number of aryl methyl sites for hydroxylation is 1. The average Bonchev–Trinajstić information content (AvgIpc) is 3.07. The van der Waals surface area contributed by atoms with Crippen LogP contribution in [0.2, 0.25) is 0 Å². The fraction of sp³-hybridized carbons (Fsp3) is 0.316. The minimum atomic E-state index is -3.74. The Labute approximate surface area is 158 Å². The SMILES string of the molecule is CNC(=O)C1(Nc2cccc(F)c2)CCN(S(=O)(=O)c2ccccc2C)C1. The summed E-state index contributed by atoms with van der Waals surface area (Å²) in [5.41, 5.74) is -0.0973. The fourth-order valence-electron chi connectivity index (χ4n) is 3.39. The standard InChI is InChI=1S/C19H22FN3O3S/c1-14-6-3-4-9-17(14)27(25,26)23-11-10-19(13-23,18(24)21-2)22-16-8-5-7-15(20)12-16/h3-9,12,22H,10-11,13H2,1-2H3,(H,21,24). The zero-order valence-corrected chi connectivity index (χ0v) is 16.0. The van der Waals surface area contributed by atoms with Gasteiger partial charge in [0.15, 0.2) is 0 Å². The summed E-state index contributed by atoms with van der Waals surface area (Å²) in [6, 6.07) is 12.5. The summed E-state index contributed by atoms with van der Waals surface area (Å²) in [6.07, 6.45) is 0.272. The van der Waals surface area contributed by atoms with Gasteiger partial charge in [-0.05, 0) is 43.2 Å². The maximum Gasteiger partial charge on any atom is 0.246 e. The molecule has 1 fully saturated rings. The van der Waals surface area contributed by atoms with E-state index in [1.165, 1.54) is 29.6 Å². The molecule has 0 aliphatic carbocycles. The second-order valence-electron chi connectivity index (χ2n) is 6.65. The first-order chi connectivity index (χ1) is 12.8. The first-order valence-corrected chi connectivity index (χ1v) is 10.0. The van der Waals surface area contributed by atoms with Crippen LogP contribution in [0.1, 0.15) is 12.0 Å². The quantitative estimate of drug-likeness (QED) is 0.819. The molecule has 0 aromatic heterocycles. The molecular formula is C19H22FN3O3S. The number of hydrogen-bond acceptors (Lipinski definition) is 4. The van der Waals surface area contributed by atoms with Crippen molar-refractivity contribution in [3.8, 4) is 0 Å². The third-order valence-electron chi connectivity index (χ3n) is 4.82. The minimum Gasteiger partial charge on any atom is -0.370 e. The molecule has 0 saturated carbocycles. The van der Waals surface area contributed by atoms with E-state index in [9.17, 15) is 17.6 Å². The molecule has 0 spiro atoms. The number of carbonyl (C=O) groups excluding carboxylic acids is 1. The van der Waals surface area contributed by atoms with Crippen LogP contribution in [0.15, 0.2) is 53.4 Å². The molecule has 0 bridgehead atoms. The first kappa shape index (κ1) is 19.3. The molecule has 1 heterocycles. The fourth-order valence-corrected chi connectivity index (χ4v) is 5.12. The molecule has 2 N–H and O–H groups in total. The zero-order valence-electron chi connectivity index (χ0n) is 15.2. The number of hydrogen-bond donors (Lipinski definition) is 2. The summed E-state index contributed by atoms with van der Waals surface area (Å²) in [7, 11) is -2.25. The van der Waals surface area contributed by atoms with Gasteiger partial charge in [0.05, 0.1) is 4.90 Å². The average molecular weight is 391 g/mol. The molecule has 6 nitrogen and oxygen atoms in total. The van der Waals surface area contributed by atoms with Gasteiger partial charge < -0.3 is 10.6 Å². The van der Waals surface area contributed by atoms with Gasteiger partial charge in [-0.1, -0.05) is 24.3 Å². The monoisotopic (exact) mass is 391 g/mol. The van der Waals surface area contributed by atoms with Crippen LogP contribution in [-0.4, -0.2) is 44.3 Å². The Morgan fingerprint density at radius 3 is 2.59 bits per heavy atom. The number of sulfonamides is 1. The van der Waals surface area contributed by atoms with Crippen LogP contribution in [0.4, 0.5) is 10.1 Å². The number of nitrogens with zero attached hydrogens (tertiary/aromatic N) is 1. The third-order valence-corrected chi connectivity index (χ3v) is 6.82. The van der Waals surface area contributed by atoms with E-state index in [-0.39, 0.29) is 30.3 Å². The highest BCUT2D eigenvalue weighted by molar-refractivity contribution is 7.89. The van der Waals surface area contributed by atoms with Gasteiger partial charge in [-0.15, -0.1) is 0 Å². The molecule has 2 aromatic rings. The summed E-state index contributed by atoms with van der Waals surface area (Å²) in [5, 5.41) is 5.64. The predicted octanol–water partition coefficient (Wildman–Crippen LogP) is 2.13. The maximum atomic E-state index is 13.5. The van der Waals surface area contributed by atoms with Crippen LogP contribution in [0, 0.1) is 12.7 Å². The minimum absolute atomic E-state index is 0.0418. The second kappa shape index (κ2) is 7.28. The number of carbonyl (C=O) groups is 1. The van der Waals surface area contributed by atoms with E-state index in [1.807, 2.05) is 0 Å². The molecule has 2 aromatic carbocycles. The Morgan fingerprint density at radius 2 is 1.93 bits per heavy atom. The Morgan fingerprint density at radius 1 is 1.19 bits per heavy atom. The zero-order chi connectivity index (χ0) is 19.7. The number of nitrogens with one attached hydrogen (secondary N) is 2. The third kappa shape index (κ3) is 3.68. The lowest BCUT2D eigenvalue weighted by molar-refractivity contribution is -0.124. The summed E-state index contributed by atoms with van der Waals surface area (Å²) in [5.74, 6) is -0.774. The van der Waals surface area contributed by atoms with Gasteiger partial charge in [-0.25, -0.2) is 12.8 Å². The molecule has 1 aliphatic rings. The van der Waals surface area contributed by atoms with Crippen LogP contribution in [-0.2, 0) is 14.8 Å². The highest BCUT2D eigenvalue weighted by atomic mass is 32.2. The Bertz CT molecular complexity index is 964. The van der Waals surface area contributed by atoms with Crippen molar-refractivity contribution >= 4 is 21.6 Å². The van der Waals surface area contributed by atoms with Crippen LogP contribution >= 0.6 is 0 Å². The largest absolute Gasteiger partial charge is 0.370 e. The van der Waals surface area contributed by atoms with Crippen molar-refractivity contribution in [1.29, 1.82) is 0 Å². The topological polar surface area (TPSA) is 78.5 Å². The molecule has 1 saturated heterocycles. The van der Waals surface area contributed by atoms with E-state index in [1.54, 1.807) is 37.3 Å². The van der Waals surface area contributed by atoms with E-state index in [0.29, 0.717) is 11.3 Å². The predicted molar refractivity (Wildman–Crippen MR) is 101 cm³/mol. The van der Waals surface area contributed by atoms with Gasteiger partial charge in [-0.3, -0.25) is 4.79 Å². The number of amides is 1. The molecule has 1 unspecified atom stereocenters. The van der Waals surface area contributed by atoms with Crippen LogP contribution in [0.25, 0.3) is 0 Å². The molecule has 1 amide bonds.